The first-order valence-corrected chi connectivity index (χ1v) is 8.46. The molecule has 10 heteroatoms. The van der Waals surface area contributed by atoms with Crippen LogP contribution in [0.25, 0.3) is 0 Å². The van der Waals surface area contributed by atoms with Crippen LogP contribution in [0.4, 0.5) is 0 Å². The number of hydrogen-bond acceptors (Lipinski definition) is 7. The van der Waals surface area contributed by atoms with E-state index in [2.05, 4.69) is 0 Å². The van der Waals surface area contributed by atoms with Gasteiger partial charge >= 0.3 is 23.9 Å². The molecule has 2 aromatic carbocycles. The van der Waals surface area contributed by atoms with Crippen LogP contribution in [0.5, 0.6) is 0 Å². The molecule has 0 spiro atoms. The van der Waals surface area contributed by atoms with Gasteiger partial charge in [-0.3, -0.25) is 4.79 Å². The maximum absolute atomic E-state index is 12.5. The van der Waals surface area contributed by atoms with E-state index in [1.165, 1.54) is 48.5 Å². The van der Waals surface area contributed by atoms with Gasteiger partial charge < -0.3 is 25.4 Å². The van der Waals surface area contributed by atoms with E-state index in [1.807, 2.05) is 0 Å². The number of aliphatic carboxylic acids is 2. The minimum atomic E-state index is -3.10. The number of rotatable bonds is 9. The van der Waals surface area contributed by atoms with E-state index in [1.54, 1.807) is 12.1 Å². The number of hydrogen-bond donors (Lipinski definition) is 3. The monoisotopic (exact) mass is 415 g/mol. The zero-order chi connectivity index (χ0) is 22.3. The van der Waals surface area contributed by atoms with Crippen LogP contribution in [0.1, 0.15) is 27.1 Å². The predicted octanol–water partition coefficient (Wildman–Crippen LogP) is 0.852. The van der Waals surface area contributed by atoms with E-state index in [-0.39, 0.29) is 11.1 Å². The lowest BCUT2D eigenvalue weighted by Gasteiger charge is -2.32. The molecule has 0 fully saturated rings. The van der Waals surface area contributed by atoms with Gasteiger partial charge in [-0.1, -0.05) is 36.4 Å². The summed E-state index contributed by atoms with van der Waals surface area (Å²) in [5.41, 5.74) is 1.78. The third-order valence-electron chi connectivity index (χ3n) is 3.97. The Bertz CT molecular complexity index is 959. The largest absolute Gasteiger partial charge is 0.478 e. The first kappa shape index (κ1) is 22.1. The van der Waals surface area contributed by atoms with Crippen molar-refractivity contribution in [2.24, 2.45) is 5.73 Å². The summed E-state index contributed by atoms with van der Waals surface area (Å²) in [6.07, 6.45) is -3.82. The molecule has 30 heavy (non-hydrogen) atoms. The van der Waals surface area contributed by atoms with Gasteiger partial charge in [-0.15, -0.1) is 0 Å². The zero-order valence-electron chi connectivity index (χ0n) is 15.4. The topological polar surface area (TPSA) is 170 Å². The fraction of sp³-hybridized carbons (Fsp3) is 0.150. The molecule has 2 aromatic rings. The molecule has 0 heterocycles. The van der Waals surface area contributed by atoms with Gasteiger partial charge in [0.15, 0.2) is 0 Å². The Kier molecular flexibility index (Phi) is 6.86. The number of carboxylic acid groups (broad SMARTS) is 2. The number of nitrogens with two attached hydrogens (primary N) is 1. The van der Waals surface area contributed by atoms with Gasteiger partial charge in [0.25, 0.3) is 5.60 Å². The summed E-state index contributed by atoms with van der Waals surface area (Å²) >= 11 is 0. The Hall–Kier alpha value is -4.21. The smallest absolute Gasteiger partial charge is 0.353 e. The normalized spacial score (nSPS) is 13.3. The Morgan fingerprint density at radius 1 is 0.833 bits per heavy atom. The average Bonchev–Trinajstić information content (AvgIpc) is 2.71. The summed E-state index contributed by atoms with van der Waals surface area (Å²) in [5.74, 6) is -7.72. The van der Waals surface area contributed by atoms with Gasteiger partial charge in [0.2, 0.25) is 12.0 Å². The Morgan fingerprint density at radius 2 is 1.30 bits per heavy atom. The van der Waals surface area contributed by atoms with E-state index in [9.17, 15) is 34.2 Å². The molecule has 0 saturated carbocycles. The second-order valence-corrected chi connectivity index (χ2v) is 6.08. The van der Waals surface area contributed by atoms with Crippen LogP contribution in [0.2, 0.25) is 0 Å². The van der Waals surface area contributed by atoms with Crippen molar-refractivity contribution in [2.45, 2.75) is 18.1 Å². The molecule has 4 N–H and O–H groups in total. The van der Waals surface area contributed by atoms with Crippen LogP contribution in [-0.4, -0.2) is 51.7 Å². The van der Waals surface area contributed by atoms with Crippen LogP contribution in [-0.2, 0) is 23.9 Å². The van der Waals surface area contributed by atoms with Gasteiger partial charge in [0.05, 0.1) is 17.5 Å². The average molecular weight is 415 g/mol. The maximum Gasteiger partial charge on any atom is 0.353 e. The summed E-state index contributed by atoms with van der Waals surface area (Å²) in [4.78, 5) is 60.2. The van der Waals surface area contributed by atoms with E-state index in [0.717, 1.165) is 0 Å². The Morgan fingerprint density at radius 3 is 1.70 bits per heavy atom. The molecular formula is C20H17NO9. The van der Waals surface area contributed by atoms with Crippen LogP contribution in [0.15, 0.2) is 60.7 Å². The first-order chi connectivity index (χ1) is 14.2. The van der Waals surface area contributed by atoms with E-state index >= 15 is 0 Å². The summed E-state index contributed by atoms with van der Waals surface area (Å²) in [5, 5.41) is 19.3. The number of ether oxygens (including phenoxy) is 2. The molecule has 1 amide bonds. The molecule has 2 atom stereocenters. The van der Waals surface area contributed by atoms with Crippen LogP contribution >= 0.6 is 0 Å². The van der Waals surface area contributed by atoms with E-state index in [0.29, 0.717) is 0 Å². The van der Waals surface area contributed by atoms with Gasteiger partial charge in [-0.25, -0.2) is 19.2 Å². The van der Waals surface area contributed by atoms with Crippen molar-refractivity contribution >= 4 is 29.8 Å². The summed E-state index contributed by atoms with van der Waals surface area (Å²) in [6, 6.07) is 14.2. The second kappa shape index (κ2) is 9.32. The zero-order valence-corrected chi connectivity index (χ0v) is 15.4. The molecule has 0 aliphatic rings. The standard InChI is InChI=1S/C20H17NO9/c21-14(22)11-20(19(27)28,30-18(26)13-9-5-2-6-10-13)15(16(23)24)29-17(25)12-7-3-1-4-8-12/h1-10,15H,11H2,(H2,21,22)(H,23,24)(H,27,28)/t15-,20-/m1/s1. The third kappa shape index (κ3) is 4.98. The number of benzene rings is 2. The van der Waals surface area contributed by atoms with Crippen molar-refractivity contribution in [3.8, 4) is 0 Å². The molecule has 156 valence electrons. The molecule has 0 aliphatic carbocycles. The molecule has 0 unspecified atom stereocenters. The Balaban J connectivity index is 2.49. The lowest BCUT2D eigenvalue weighted by atomic mass is 9.91. The van der Waals surface area contributed by atoms with Crippen molar-refractivity contribution in [3.05, 3.63) is 71.8 Å². The lowest BCUT2D eigenvalue weighted by Crippen LogP contribution is -2.59. The highest BCUT2D eigenvalue weighted by molar-refractivity contribution is 5.99. The second-order valence-electron chi connectivity index (χ2n) is 6.08. The quantitative estimate of drug-likeness (QED) is 0.502. The summed E-state index contributed by atoms with van der Waals surface area (Å²) in [6.45, 7) is 0. The highest BCUT2D eigenvalue weighted by Gasteiger charge is 2.57. The molecule has 10 nitrogen and oxygen atoms in total. The molecule has 0 radical (unpaired) electrons. The molecule has 0 aromatic heterocycles. The number of carboxylic acids is 2. The summed E-state index contributed by atoms with van der Waals surface area (Å²) < 4.78 is 9.82. The molecule has 0 aliphatic heterocycles. The minimum Gasteiger partial charge on any atom is -0.478 e. The van der Waals surface area contributed by atoms with Crippen LogP contribution < -0.4 is 5.73 Å². The highest BCUT2D eigenvalue weighted by Crippen LogP contribution is 2.27. The van der Waals surface area contributed by atoms with Crippen molar-refractivity contribution in [3.63, 3.8) is 0 Å². The van der Waals surface area contributed by atoms with E-state index < -0.39 is 47.9 Å². The number of carbonyl (C=O) groups excluding carboxylic acids is 3. The van der Waals surface area contributed by atoms with Gasteiger partial charge in [0, 0.05) is 0 Å². The number of carbonyl (C=O) groups is 5. The van der Waals surface area contributed by atoms with Crippen molar-refractivity contribution in [2.75, 3.05) is 0 Å². The maximum atomic E-state index is 12.5. The predicted molar refractivity (Wildman–Crippen MR) is 99.3 cm³/mol. The lowest BCUT2D eigenvalue weighted by molar-refractivity contribution is -0.186. The molecular weight excluding hydrogens is 398 g/mol. The Labute approximate surface area is 169 Å². The van der Waals surface area contributed by atoms with Gasteiger partial charge in [0.1, 0.15) is 0 Å². The number of amides is 1. The minimum absolute atomic E-state index is 0.0866. The number of primary amides is 1. The highest BCUT2D eigenvalue weighted by atomic mass is 16.6. The van der Waals surface area contributed by atoms with Crippen LogP contribution in [0.3, 0.4) is 0 Å². The fourth-order valence-electron chi connectivity index (χ4n) is 2.57. The molecule has 0 bridgehead atoms. The van der Waals surface area contributed by atoms with E-state index in [4.69, 9.17) is 15.2 Å². The van der Waals surface area contributed by atoms with Crippen molar-refractivity contribution < 1.29 is 43.7 Å². The third-order valence-corrected chi connectivity index (χ3v) is 3.97. The number of esters is 2. The SMILES string of the molecule is NC(=O)C[C@](OC(=O)c1ccccc1)(C(=O)O)[C@H](OC(=O)c1ccccc1)C(=O)O. The fourth-order valence-corrected chi connectivity index (χ4v) is 2.57. The first-order valence-electron chi connectivity index (χ1n) is 8.46. The van der Waals surface area contributed by atoms with Crippen molar-refractivity contribution in [1.29, 1.82) is 0 Å². The van der Waals surface area contributed by atoms with Crippen LogP contribution in [0, 0.1) is 0 Å². The molecule has 0 saturated heterocycles. The van der Waals surface area contributed by atoms with Crippen molar-refractivity contribution in [1.82, 2.24) is 0 Å². The van der Waals surface area contributed by atoms with Gasteiger partial charge in [-0.05, 0) is 24.3 Å². The van der Waals surface area contributed by atoms with Gasteiger partial charge in [-0.2, -0.15) is 0 Å². The summed E-state index contributed by atoms with van der Waals surface area (Å²) in [7, 11) is 0. The molecule has 2 rings (SSSR count).